The van der Waals surface area contributed by atoms with E-state index in [9.17, 15) is 4.79 Å². The predicted octanol–water partition coefficient (Wildman–Crippen LogP) is 6.08. The summed E-state index contributed by atoms with van der Waals surface area (Å²) in [6.07, 6.45) is 5.45. The van der Waals surface area contributed by atoms with E-state index in [0.717, 1.165) is 42.6 Å². The Morgan fingerprint density at radius 1 is 1.04 bits per heavy atom. The first-order valence-electron chi connectivity index (χ1n) is 10.2. The van der Waals surface area contributed by atoms with Crippen LogP contribution in [0.15, 0.2) is 54.6 Å². The van der Waals surface area contributed by atoms with Crippen LogP contribution in [0.1, 0.15) is 63.2 Å². The third-order valence-electron chi connectivity index (χ3n) is 7.00. The van der Waals surface area contributed by atoms with Gasteiger partial charge in [-0.1, -0.05) is 57.5 Å². The number of anilines is 2. The summed E-state index contributed by atoms with van der Waals surface area (Å²) in [6, 6.07) is 18.1. The summed E-state index contributed by atoms with van der Waals surface area (Å²) in [6.45, 7) is 7.07. The van der Waals surface area contributed by atoms with Crippen LogP contribution in [0.4, 0.5) is 11.4 Å². The number of hydrogen-bond acceptors (Lipinski definition) is 2. The van der Waals surface area contributed by atoms with Crippen molar-refractivity contribution < 1.29 is 4.79 Å². The molecule has 1 heterocycles. The smallest absolute Gasteiger partial charge is 0.262 e. The van der Waals surface area contributed by atoms with Gasteiger partial charge in [-0.2, -0.15) is 0 Å². The second kappa shape index (κ2) is 6.70. The molecular weight excluding hydrogens is 332 g/mol. The Morgan fingerprint density at radius 2 is 1.67 bits per heavy atom. The number of hydrogen-bond donors (Lipinski definition) is 1. The fraction of sp³-hybridized carbons (Fsp3) is 0.458. The maximum absolute atomic E-state index is 13.5. The summed E-state index contributed by atoms with van der Waals surface area (Å²) in [5.41, 5.74) is 2.76. The minimum atomic E-state index is -0.326. The van der Waals surface area contributed by atoms with Crippen LogP contribution in [0.2, 0.25) is 0 Å². The normalized spacial score (nSPS) is 25.2. The van der Waals surface area contributed by atoms with Crippen molar-refractivity contribution in [1.29, 1.82) is 0 Å². The van der Waals surface area contributed by atoms with Crippen molar-refractivity contribution >= 4 is 17.3 Å². The van der Waals surface area contributed by atoms with Crippen molar-refractivity contribution in [3.8, 4) is 0 Å². The van der Waals surface area contributed by atoms with Gasteiger partial charge in [-0.3, -0.25) is 9.69 Å². The molecule has 1 N–H and O–H groups in total. The predicted molar refractivity (Wildman–Crippen MR) is 112 cm³/mol. The van der Waals surface area contributed by atoms with Crippen molar-refractivity contribution in [2.45, 2.75) is 58.5 Å². The maximum Gasteiger partial charge on any atom is 0.262 e. The molecule has 1 aliphatic carbocycles. The molecule has 1 saturated carbocycles. The van der Waals surface area contributed by atoms with Crippen molar-refractivity contribution in [1.82, 2.24) is 0 Å². The van der Waals surface area contributed by atoms with E-state index >= 15 is 0 Å². The number of rotatable bonds is 3. The fourth-order valence-electron chi connectivity index (χ4n) is 4.86. The van der Waals surface area contributed by atoms with Crippen molar-refractivity contribution in [2.24, 2.45) is 11.3 Å². The SMILES string of the molecule is CCC(C)(C)C1CCC2(CC1)Nc1ccccc1C(=O)N2c1ccccc1. The van der Waals surface area contributed by atoms with Gasteiger partial charge in [0.1, 0.15) is 5.66 Å². The number of nitrogens with one attached hydrogen (secondary N) is 1. The zero-order chi connectivity index (χ0) is 19.1. The van der Waals surface area contributed by atoms with E-state index in [1.165, 1.54) is 6.42 Å². The third-order valence-corrected chi connectivity index (χ3v) is 7.00. The van der Waals surface area contributed by atoms with Crippen LogP contribution in [0.25, 0.3) is 0 Å². The average molecular weight is 363 g/mol. The molecule has 0 atom stereocenters. The quantitative estimate of drug-likeness (QED) is 0.717. The second-order valence-electron chi connectivity index (χ2n) is 8.79. The molecule has 0 aromatic heterocycles. The van der Waals surface area contributed by atoms with Crippen molar-refractivity contribution in [3.05, 3.63) is 60.2 Å². The van der Waals surface area contributed by atoms with Gasteiger partial charge in [-0.15, -0.1) is 0 Å². The van der Waals surface area contributed by atoms with Crippen LogP contribution in [-0.4, -0.2) is 11.6 Å². The molecule has 0 radical (unpaired) electrons. The zero-order valence-corrected chi connectivity index (χ0v) is 16.7. The Kier molecular flexibility index (Phi) is 4.49. The van der Waals surface area contributed by atoms with Gasteiger partial charge in [-0.25, -0.2) is 0 Å². The summed E-state index contributed by atoms with van der Waals surface area (Å²) in [7, 11) is 0. The monoisotopic (exact) mass is 362 g/mol. The first-order chi connectivity index (χ1) is 13.0. The van der Waals surface area contributed by atoms with Gasteiger partial charge in [0.25, 0.3) is 5.91 Å². The van der Waals surface area contributed by atoms with Gasteiger partial charge >= 0.3 is 0 Å². The molecule has 0 unspecified atom stereocenters. The third kappa shape index (κ3) is 3.03. The molecule has 1 aliphatic heterocycles. The molecule has 27 heavy (non-hydrogen) atoms. The van der Waals surface area contributed by atoms with Gasteiger partial charge in [0, 0.05) is 11.4 Å². The Labute approximate surface area is 162 Å². The van der Waals surface area contributed by atoms with E-state index in [1.807, 2.05) is 47.4 Å². The van der Waals surface area contributed by atoms with Crippen LogP contribution in [0, 0.1) is 11.3 Å². The zero-order valence-electron chi connectivity index (χ0n) is 16.7. The number of fused-ring (bicyclic) bond motifs is 1. The van der Waals surface area contributed by atoms with Crippen LogP contribution in [-0.2, 0) is 0 Å². The van der Waals surface area contributed by atoms with Crippen molar-refractivity contribution in [3.63, 3.8) is 0 Å². The highest BCUT2D eigenvalue weighted by molar-refractivity contribution is 6.12. The number of carbonyl (C=O) groups excluding carboxylic acids is 1. The van der Waals surface area contributed by atoms with Gasteiger partial charge < -0.3 is 5.32 Å². The van der Waals surface area contributed by atoms with E-state index in [1.54, 1.807) is 0 Å². The number of benzene rings is 2. The molecular formula is C24H30N2O. The average Bonchev–Trinajstić information content (AvgIpc) is 2.69. The second-order valence-corrected chi connectivity index (χ2v) is 8.79. The lowest BCUT2D eigenvalue weighted by Crippen LogP contribution is -2.62. The molecule has 142 valence electrons. The first-order valence-corrected chi connectivity index (χ1v) is 10.2. The molecule has 0 bridgehead atoms. The summed E-state index contributed by atoms with van der Waals surface area (Å²) in [5, 5.41) is 3.79. The van der Waals surface area contributed by atoms with Gasteiger partial charge in [-0.05, 0) is 61.3 Å². The van der Waals surface area contributed by atoms with Crippen LogP contribution < -0.4 is 10.2 Å². The molecule has 2 aromatic carbocycles. The molecule has 0 saturated heterocycles. The topological polar surface area (TPSA) is 32.3 Å². The van der Waals surface area contributed by atoms with Gasteiger partial charge in [0.05, 0.1) is 5.56 Å². The van der Waals surface area contributed by atoms with E-state index in [2.05, 4.69) is 38.2 Å². The number of nitrogens with zero attached hydrogens (tertiary/aromatic N) is 1. The molecule has 2 aliphatic rings. The van der Waals surface area contributed by atoms with E-state index in [0.29, 0.717) is 11.3 Å². The minimum absolute atomic E-state index is 0.115. The molecule has 3 nitrogen and oxygen atoms in total. The number of carbonyl (C=O) groups is 1. The molecule has 1 fully saturated rings. The van der Waals surface area contributed by atoms with Crippen molar-refractivity contribution in [2.75, 3.05) is 10.2 Å². The van der Waals surface area contributed by atoms with Crippen LogP contribution in [0.3, 0.4) is 0 Å². The van der Waals surface area contributed by atoms with E-state index < -0.39 is 0 Å². The molecule has 1 spiro atoms. The largest absolute Gasteiger partial charge is 0.362 e. The Hall–Kier alpha value is -2.29. The lowest BCUT2D eigenvalue weighted by molar-refractivity contribution is 0.0871. The molecule has 4 rings (SSSR count). The maximum atomic E-state index is 13.5. The van der Waals surface area contributed by atoms with Gasteiger partial charge in [0.2, 0.25) is 0 Å². The minimum Gasteiger partial charge on any atom is -0.362 e. The summed E-state index contributed by atoms with van der Waals surface area (Å²) >= 11 is 0. The van der Waals surface area contributed by atoms with Crippen LogP contribution in [0.5, 0.6) is 0 Å². The first kappa shape index (κ1) is 18.1. The highest BCUT2D eigenvalue weighted by Crippen LogP contribution is 2.48. The molecule has 1 amide bonds. The van der Waals surface area contributed by atoms with Gasteiger partial charge in [0.15, 0.2) is 0 Å². The number of amides is 1. The summed E-state index contributed by atoms with van der Waals surface area (Å²) < 4.78 is 0. The summed E-state index contributed by atoms with van der Waals surface area (Å²) in [5.74, 6) is 0.823. The standard InChI is InChI=1S/C24H30N2O/c1-4-23(2,3)18-14-16-24(17-15-18)25-21-13-9-8-12-20(21)22(27)26(24)19-10-6-5-7-11-19/h5-13,18,25H,4,14-17H2,1-3H3. The van der Waals surface area contributed by atoms with E-state index in [-0.39, 0.29) is 11.6 Å². The lowest BCUT2D eigenvalue weighted by Gasteiger charge is -2.53. The Morgan fingerprint density at radius 3 is 2.33 bits per heavy atom. The lowest BCUT2D eigenvalue weighted by atomic mass is 9.66. The Balaban J connectivity index is 1.73. The summed E-state index contributed by atoms with van der Waals surface area (Å²) in [4.78, 5) is 15.5. The highest BCUT2D eigenvalue weighted by Gasteiger charge is 2.48. The van der Waals surface area contributed by atoms with E-state index in [4.69, 9.17) is 0 Å². The Bertz CT molecular complexity index is 819. The fourth-order valence-corrected chi connectivity index (χ4v) is 4.86. The number of para-hydroxylation sites is 2. The van der Waals surface area contributed by atoms with Crippen LogP contribution >= 0.6 is 0 Å². The molecule has 2 aromatic rings. The highest BCUT2D eigenvalue weighted by atomic mass is 16.2. The molecule has 3 heteroatoms.